The smallest absolute Gasteiger partial charge is 0.307 e. The van der Waals surface area contributed by atoms with E-state index in [1.54, 1.807) is 0 Å². The van der Waals surface area contributed by atoms with Gasteiger partial charge in [0.1, 0.15) is 0 Å². The molecule has 1 saturated carbocycles. The van der Waals surface area contributed by atoms with Gasteiger partial charge in [-0.25, -0.2) is 0 Å². The summed E-state index contributed by atoms with van der Waals surface area (Å²) in [6, 6.07) is 0.682. The van der Waals surface area contributed by atoms with Crippen LogP contribution in [0.5, 0.6) is 0 Å². The van der Waals surface area contributed by atoms with Gasteiger partial charge in [-0.1, -0.05) is 6.92 Å². The first-order valence-corrected chi connectivity index (χ1v) is 5.63. The number of hydrogen-bond acceptors (Lipinski definition) is 2. The van der Waals surface area contributed by atoms with Crippen LogP contribution in [0.3, 0.4) is 0 Å². The molecular weight excluding hydrogens is 178 g/mol. The van der Waals surface area contributed by atoms with Gasteiger partial charge in [0, 0.05) is 19.1 Å². The maximum Gasteiger partial charge on any atom is 0.307 e. The van der Waals surface area contributed by atoms with Crippen molar-refractivity contribution in [1.82, 2.24) is 4.90 Å². The van der Waals surface area contributed by atoms with Gasteiger partial charge >= 0.3 is 5.97 Å². The predicted octanol–water partition coefficient (Wildman–Crippen LogP) is 1.58. The highest BCUT2D eigenvalue weighted by molar-refractivity contribution is 5.69. The lowest BCUT2D eigenvalue weighted by Crippen LogP contribution is -2.50. The molecule has 3 aliphatic rings. The number of carboxylic acid groups (broad SMARTS) is 1. The van der Waals surface area contributed by atoms with Crippen LogP contribution in [0.4, 0.5) is 0 Å². The first-order chi connectivity index (χ1) is 6.66. The van der Waals surface area contributed by atoms with Crippen LogP contribution >= 0.6 is 0 Å². The van der Waals surface area contributed by atoms with Gasteiger partial charge in [0.25, 0.3) is 0 Å². The van der Waals surface area contributed by atoms with E-state index in [0.717, 1.165) is 19.0 Å². The van der Waals surface area contributed by atoms with Crippen molar-refractivity contribution in [2.75, 3.05) is 13.1 Å². The molecule has 14 heavy (non-hydrogen) atoms. The molecule has 80 valence electrons. The first kappa shape index (κ1) is 9.97. The fourth-order valence-electron chi connectivity index (χ4n) is 2.83. The number of carboxylic acids is 1. The molecule has 2 aliphatic heterocycles. The lowest BCUT2D eigenvalue weighted by molar-refractivity contribution is -0.142. The molecule has 1 aliphatic carbocycles. The van der Waals surface area contributed by atoms with E-state index < -0.39 is 5.97 Å². The molecule has 2 saturated heterocycles. The number of rotatable bonds is 3. The zero-order valence-corrected chi connectivity index (χ0v) is 8.78. The van der Waals surface area contributed by atoms with Crippen LogP contribution in [0.1, 0.15) is 32.6 Å². The summed E-state index contributed by atoms with van der Waals surface area (Å²) in [5.41, 5.74) is 0. The predicted molar refractivity (Wildman–Crippen MR) is 54.1 cm³/mol. The average Bonchev–Trinajstić information content (AvgIpc) is 2.19. The molecule has 3 heteroatoms. The van der Waals surface area contributed by atoms with Gasteiger partial charge in [0.05, 0.1) is 5.92 Å². The third kappa shape index (κ3) is 1.92. The maximum atomic E-state index is 10.8. The normalized spacial score (nSPS) is 34.4. The van der Waals surface area contributed by atoms with E-state index in [9.17, 15) is 4.79 Å². The Kier molecular flexibility index (Phi) is 2.77. The lowest BCUT2D eigenvalue weighted by Gasteiger charge is -2.45. The van der Waals surface area contributed by atoms with Gasteiger partial charge in [-0.3, -0.25) is 9.69 Å². The number of nitrogens with zero attached hydrogens (tertiary/aromatic N) is 1. The molecule has 0 amide bonds. The van der Waals surface area contributed by atoms with Gasteiger partial charge < -0.3 is 5.11 Å². The van der Waals surface area contributed by atoms with Crippen molar-refractivity contribution in [3.63, 3.8) is 0 Å². The molecule has 2 heterocycles. The van der Waals surface area contributed by atoms with Crippen LogP contribution in [0, 0.1) is 11.8 Å². The molecular formula is C11H19NO2. The quantitative estimate of drug-likeness (QED) is 0.746. The molecule has 1 atom stereocenters. The van der Waals surface area contributed by atoms with Crippen molar-refractivity contribution in [3.8, 4) is 0 Å². The summed E-state index contributed by atoms with van der Waals surface area (Å²) >= 11 is 0. The van der Waals surface area contributed by atoms with E-state index in [4.69, 9.17) is 5.11 Å². The fraction of sp³-hybridized carbons (Fsp3) is 0.909. The Labute approximate surface area is 85.1 Å². The molecule has 1 unspecified atom stereocenters. The molecule has 0 aromatic heterocycles. The minimum absolute atomic E-state index is 0.214. The van der Waals surface area contributed by atoms with E-state index >= 15 is 0 Å². The molecule has 0 spiro atoms. The van der Waals surface area contributed by atoms with Crippen molar-refractivity contribution in [2.45, 2.75) is 38.6 Å². The summed E-state index contributed by atoms with van der Waals surface area (Å²) in [6.07, 6.45) is 5.30. The fourth-order valence-corrected chi connectivity index (χ4v) is 2.83. The molecule has 1 N–H and O–H groups in total. The lowest BCUT2D eigenvalue weighted by atomic mass is 9.79. The van der Waals surface area contributed by atoms with E-state index in [1.165, 1.54) is 25.7 Å². The van der Waals surface area contributed by atoms with Crippen LogP contribution in [-0.2, 0) is 4.79 Å². The van der Waals surface area contributed by atoms with Crippen molar-refractivity contribution in [3.05, 3.63) is 0 Å². The van der Waals surface area contributed by atoms with Crippen molar-refractivity contribution in [1.29, 1.82) is 0 Å². The van der Waals surface area contributed by atoms with Crippen LogP contribution < -0.4 is 0 Å². The Balaban J connectivity index is 1.89. The highest BCUT2D eigenvalue weighted by atomic mass is 16.4. The third-order valence-electron chi connectivity index (χ3n) is 3.76. The number of carbonyl (C=O) groups is 1. The summed E-state index contributed by atoms with van der Waals surface area (Å²) < 4.78 is 0. The zero-order valence-electron chi connectivity index (χ0n) is 8.78. The third-order valence-corrected chi connectivity index (χ3v) is 3.76. The van der Waals surface area contributed by atoms with Crippen molar-refractivity contribution < 1.29 is 9.90 Å². The van der Waals surface area contributed by atoms with Gasteiger partial charge in [0.15, 0.2) is 0 Å². The van der Waals surface area contributed by atoms with E-state index in [2.05, 4.69) is 4.90 Å². The largest absolute Gasteiger partial charge is 0.481 e. The van der Waals surface area contributed by atoms with Crippen LogP contribution in [0.25, 0.3) is 0 Å². The molecule has 3 nitrogen and oxygen atoms in total. The van der Waals surface area contributed by atoms with Gasteiger partial charge in [0.2, 0.25) is 0 Å². The second-order valence-electron chi connectivity index (χ2n) is 4.87. The van der Waals surface area contributed by atoms with Crippen LogP contribution in [0.15, 0.2) is 0 Å². The van der Waals surface area contributed by atoms with Crippen molar-refractivity contribution in [2.24, 2.45) is 11.8 Å². The molecule has 3 rings (SSSR count). The summed E-state index contributed by atoms with van der Waals surface area (Å²) in [7, 11) is 0. The average molecular weight is 197 g/mol. The van der Waals surface area contributed by atoms with Crippen LogP contribution in [0.2, 0.25) is 0 Å². The Morgan fingerprint density at radius 1 is 1.43 bits per heavy atom. The van der Waals surface area contributed by atoms with Gasteiger partial charge in [-0.2, -0.15) is 0 Å². The van der Waals surface area contributed by atoms with E-state index in [0.29, 0.717) is 6.04 Å². The van der Waals surface area contributed by atoms with E-state index in [-0.39, 0.29) is 5.92 Å². The van der Waals surface area contributed by atoms with E-state index in [1.807, 2.05) is 6.92 Å². The molecule has 3 fully saturated rings. The summed E-state index contributed by atoms with van der Waals surface area (Å²) in [5, 5.41) is 8.86. The first-order valence-electron chi connectivity index (χ1n) is 5.63. The minimum Gasteiger partial charge on any atom is -0.481 e. The molecule has 2 bridgehead atoms. The number of piperidine rings is 2. The Morgan fingerprint density at radius 2 is 2.07 bits per heavy atom. The monoisotopic (exact) mass is 197 g/mol. The van der Waals surface area contributed by atoms with Gasteiger partial charge in [-0.05, 0) is 31.6 Å². The summed E-state index contributed by atoms with van der Waals surface area (Å²) in [5.74, 6) is -0.0261. The molecule has 0 aromatic rings. The highest BCUT2D eigenvalue weighted by Gasteiger charge is 2.34. The standard InChI is InChI=1S/C11H19NO2/c1-8(11(13)14)6-12-7-9-2-4-10(12)5-3-9/h8-10H,2-7H2,1H3,(H,13,14). The maximum absolute atomic E-state index is 10.8. The van der Waals surface area contributed by atoms with Crippen molar-refractivity contribution >= 4 is 5.97 Å². The Bertz CT molecular complexity index is 221. The number of fused-ring (bicyclic) bond motifs is 3. The Morgan fingerprint density at radius 3 is 2.50 bits per heavy atom. The topological polar surface area (TPSA) is 40.5 Å². The SMILES string of the molecule is CC(CN1CC2CCC1CC2)C(=O)O. The number of hydrogen-bond donors (Lipinski definition) is 1. The summed E-state index contributed by atoms with van der Waals surface area (Å²) in [6.45, 7) is 3.70. The zero-order chi connectivity index (χ0) is 10.1. The summed E-state index contributed by atoms with van der Waals surface area (Å²) in [4.78, 5) is 13.2. The second-order valence-corrected chi connectivity index (χ2v) is 4.87. The van der Waals surface area contributed by atoms with Crippen LogP contribution in [-0.4, -0.2) is 35.1 Å². The molecule has 0 radical (unpaired) electrons. The van der Waals surface area contributed by atoms with Gasteiger partial charge in [-0.15, -0.1) is 0 Å². The minimum atomic E-state index is -0.661. The second kappa shape index (κ2) is 3.89. The Hall–Kier alpha value is -0.570. The molecule has 0 aromatic carbocycles. The number of aliphatic carboxylic acids is 1. The highest BCUT2D eigenvalue weighted by Crippen LogP contribution is 2.34.